The Balaban J connectivity index is 2.51. The van der Waals surface area contributed by atoms with Crippen LogP contribution >= 0.6 is 0 Å². The van der Waals surface area contributed by atoms with Gasteiger partial charge in [0, 0.05) is 6.07 Å². The monoisotopic (exact) mass is 149 g/mol. The number of nitrogens with two attached hydrogens (primary N) is 1. The molecule has 0 saturated heterocycles. The van der Waals surface area contributed by atoms with Crippen molar-refractivity contribution >= 4 is 17.4 Å². The second kappa shape index (κ2) is 2.07. The zero-order valence-corrected chi connectivity index (χ0v) is 6.22. The summed E-state index contributed by atoms with van der Waals surface area (Å²) in [5, 5.41) is 4.35. The van der Waals surface area contributed by atoms with Crippen LogP contribution < -0.4 is 10.6 Å². The fourth-order valence-corrected chi connectivity index (χ4v) is 1.21. The standard InChI is InChI=1S/C8H8N2O/c1-5-2-3-6-7(4-5)10-8(11)9-6/h2-4H,1H3,(H2,9,10,11)/p+1. The average Bonchev–Trinajstić information content (AvgIpc) is 2.27. The lowest BCUT2D eigenvalue weighted by Crippen LogP contribution is -2.80. The Morgan fingerprint density at radius 3 is 3.09 bits per heavy atom. The largest absolute Gasteiger partial charge is 0.423 e. The molecule has 0 saturated carbocycles. The van der Waals surface area contributed by atoms with Crippen molar-refractivity contribution in [3.05, 3.63) is 23.8 Å². The third kappa shape index (κ3) is 0.991. The molecule has 0 radical (unpaired) electrons. The van der Waals surface area contributed by atoms with Crippen LogP contribution in [-0.2, 0) is 0 Å². The first-order valence-electron chi connectivity index (χ1n) is 3.52. The summed E-state index contributed by atoms with van der Waals surface area (Å²) >= 11 is 0. The number of fused-ring (bicyclic) bond motifs is 1. The zero-order chi connectivity index (χ0) is 7.84. The third-order valence-corrected chi connectivity index (χ3v) is 1.75. The molecule has 56 valence electrons. The van der Waals surface area contributed by atoms with Crippen LogP contribution in [0.15, 0.2) is 18.2 Å². The zero-order valence-electron chi connectivity index (χ0n) is 6.22. The second-order valence-electron chi connectivity index (χ2n) is 2.72. The summed E-state index contributed by atoms with van der Waals surface area (Å²) in [5.41, 5.74) is 3.08. The number of quaternary nitrogens is 1. The molecule has 1 heterocycles. The number of hydrogen-bond donors (Lipinski definition) is 2. The van der Waals surface area contributed by atoms with Crippen LogP contribution in [0.4, 0.5) is 16.2 Å². The van der Waals surface area contributed by atoms with Crippen molar-refractivity contribution in [3.8, 4) is 0 Å². The number of carbonyl (C=O) groups excluding carboxylic acids is 1. The molecule has 1 aliphatic rings. The lowest BCUT2D eigenvalue weighted by molar-refractivity contribution is -0.453. The number of amides is 2. The Bertz CT molecular complexity index is 320. The number of rotatable bonds is 0. The van der Waals surface area contributed by atoms with E-state index in [0.29, 0.717) is 0 Å². The molecule has 0 aliphatic carbocycles. The quantitative estimate of drug-likeness (QED) is 0.525. The number of benzene rings is 1. The SMILES string of the molecule is Cc1ccc2c(c1)NC(=O)[NH2+]2. The molecule has 11 heavy (non-hydrogen) atoms. The Morgan fingerprint density at radius 1 is 1.45 bits per heavy atom. The van der Waals surface area contributed by atoms with E-state index < -0.39 is 0 Å². The molecule has 2 rings (SSSR count). The van der Waals surface area contributed by atoms with Crippen molar-refractivity contribution in [1.82, 2.24) is 0 Å². The highest BCUT2D eigenvalue weighted by atomic mass is 16.2. The number of carbonyl (C=O) groups is 1. The van der Waals surface area contributed by atoms with E-state index in [1.54, 1.807) is 5.32 Å². The maximum Gasteiger partial charge on any atom is 0.423 e. The van der Waals surface area contributed by atoms with E-state index in [1.165, 1.54) is 5.56 Å². The average molecular weight is 149 g/mol. The smallest absolute Gasteiger partial charge is 0.269 e. The van der Waals surface area contributed by atoms with E-state index >= 15 is 0 Å². The van der Waals surface area contributed by atoms with Crippen molar-refractivity contribution in [1.29, 1.82) is 0 Å². The Hall–Kier alpha value is -1.35. The van der Waals surface area contributed by atoms with E-state index in [2.05, 4.69) is 5.32 Å². The molecule has 0 spiro atoms. The van der Waals surface area contributed by atoms with Crippen molar-refractivity contribution in [2.45, 2.75) is 6.92 Å². The van der Waals surface area contributed by atoms with Crippen LogP contribution in [0.1, 0.15) is 5.56 Å². The van der Waals surface area contributed by atoms with Gasteiger partial charge in [-0.25, -0.2) is 10.1 Å². The predicted molar refractivity (Wildman–Crippen MR) is 41.8 cm³/mol. The Labute approximate surface area is 64.4 Å². The van der Waals surface area contributed by atoms with E-state index in [1.807, 2.05) is 25.1 Å². The number of nitrogens with one attached hydrogen (secondary N) is 1. The molecule has 3 heteroatoms. The first kappa shape index (κ1) is 6.37. The van der Waals surface area contributed by atoms with Gasteiger partial charge in [-0.15, -0.1) is 0 Å². The molecule has 1 aromatic carbocycles. The normalized spacial score (nSPS) is 14.5. The molecule has 1 aromatic rings. The van der Waals surface area contributed by atoms with E-state index in [-0.39, 0.29) is 6.03 Å². The summed E-state index contributed by atoms with van der Waals surface area (Å²) in [4.78, 5) is 10.8. The summed E-state index contributed by atoms with van der Waals surface area (Å²) < 4.78 is 0. The van der Waals surface area contributed by atoms with Crippen LogP contribution in [0.25, 0.3) is 0 Å². The first-order valence-corrected chi connectivity index (χ1v) is 3.52. The molecule has 0 atom stereocenters. The van der Waals surface area contributed by atoms with Crippen LogP contribution in [0.2, 0.25) is 0 Å². The van der Waals surface area contributed by atoms with Crippen molar-refractivity contribution in [3.63, 3.8) is 0 Å². The van der Waals surface area contributed by atoms with Gasteiger partial charge in [0.25, 0.3) is 0 Å². The minimum atomic E-state index is -0.0226. The third-order valence-electron chi connectivity index (χ3n) is 1.75. The molecule has 2 amide bonds. The number of urea groups is 1. The van der Waals surface area contributed by atoms with Crippen molar-refractivity contribution < 1.29 is 10.1 Å². The summed E-state index contributed by atoms with van der Waals surface area (Å²) in [6.45, 7) is 2.00. The fourth-order valence-electron chi connectivity index (χ4n) is 1.21. The van der Waals surface area contributed by atoms with Crippen molar-refractivity contribution in [2.75, 3.05) is 5.32 Å². The molecule has 0 unspecified atom stereocenters. The van der Waals surface area contributed by atoms with Gasteiger partial charge >= 0.3 is 6.03 Å². The number of aryl methyl sites for hydroxylation is 1. The van der Waals surface area contributed by atoms with E-state index in [0.717, 1.165) is 11.4 Å². The fraction of sp³-hybridized carbons (Fsp3) is 0.125. The number of primary amides is 1. The highest BCUT2D eigenvalue weighted by Crippen LogP contribution is 2.20. The molecule has 0 bridgehead atoms. The van der Waals surface area contributed by atoms with Gasteiger partial charge in [0.1, 0.15) is 5.69 Å². The summed E-state index contributed by atoms with van der Waals surface area (Å²) in [6, 6.07) is 5.89. The van der Waals surface area contributed by atoms with Gasteiger partial charge in [-0.2, -0.15) is 0 Å². The van der Waals surface area contributed by atoms with Gasteiger partial charge in [0.2, 0.25) is 0 Å². The van der Waals surface area contributed by atoms with Gasteiger partial charge in [-0.05, 0) is 18.6 Å². The Morgan fingerprint density at radius 2 is 2.27 bits per heavy atom. The second-order valence-corrected chi connectivity index (χ2v) is 2.72. The van der Waals surface area contributed by atoms with Crippen LogP contribution in [-0.4, -0.2) is 6.03 Å². The van der Waals surface area contributed by atoms with Crippen LogP contribution in [0, 0.1) is 6.92 Å². The topological polar surface area (TPSA) is 45.7 Å². The number of hydrogen-bond acceptors (Lipinski definition) is 1. The lowest BCUT2D eigenvalue weighted by atomic mass is 10.2. The molecule has 3 nitrogen and oxygen atoms in total. The van der Waals surface area contributed by atoms with Gasteiger partial charge in [0.05, 0.1) is 0 Å². The highest BCUT2D eigenvalue weighted by molar-refractivity contribution is 5.92. The maximum absolute atomic E-state index is 10.8. The summed E-state index contributed by atoms with van der Waals surface area (Å²) in [5.74, 6) is 0. The van der Waals surface area contributed by atoms with Crippen LogP contribution in [0.5, 0.6) is 0 Å². The van der Waals surface area contributed by atoms with Gasteiger partial charge in [-0.1, -0.05) is 6.07 Å². The summed E-state index contributed by atoms with van der Waals surface area (Å²) in [6.07, 6.45) is 0. The first-order chi connectivity index (χ1) is 5.25. The highest BCUT2D eigenvalue weighted by Gasteiger charge is 2.21. The summed E-state index contributed by atoms with van der Waals surface area (Å²) in [7, 11) is 0. The van der Waals surface area contributed by atoms with E-state index in [4.69, 9.17) is 0 Å². The molecule has 0 aromatic heterocycles. The van der Waals surface area contributed by atoms with E-state index in [9.17, 15) is 4.79 Å². The molecule has 0 fully saturated rings. The number of anilines is 1. The lowest BCUT2D eigenvalue weighted by Gasteiger charge is -1.93. The molecular weight excluding hydrogens is 140 g/mol. The van der Waals surface area contributed by atoms with Gasteiger partial charge in [-0.3, -0.25) is 5.32 Å². The van der Waals surface area contributed by atoms with Gasteiger partial charge < -0.3 is 0 Å². The molecular formula is C8H9N2O+. The minimum absolute atomic E-state index is 0.0226. The minimum Gasteiger partial charge on any atom is -0.269 e. The maximum atomic E-state index is 10.8. The van der Waals surface area contributed by atoms with Gasteiger partial charge in [0.15, 0.2) is 5.69 Å². The Kier molecular flexibility index (Phi) is 1.20. The predicted octanol–water partition coefficient (Wildman–Crippen LogP) is 0.735. The molecule has 1 aliphatic heterocycles. The van der Waals surface area contributed by atoms with Crippen LogP contribution in [0.3, 0.4) is 0 Å². The van der Waals surface area contributed by atoms with Crippen molar-refractivity contribution in [2.24, 2.45) is 0 Å². The molecule has 3 N–H and O–H groups in total.